The summed E-state index contributed by atoms with van der Waals surface area (Å²) in [6, 6.07) is 1.40. The number of hydrogen-bond donors (Lipinski definition) is 1. The van der Waals surface area contributed by atoms with Crippen molar-refractivity contribution in [1.82, 2.24) is 5.32 Å². The molecule has 1 aliphatic carbocycles. The third-order valence-corrected chi connectivity index (χ3v) is 4.06. The highest BCUT2D eigenvalue weighted by molar-refractivity contribution is 4.83. The SMILES string of the molecule is CC(C)C1CCCC(NC2CCOC2)C1. The lowest BCUT2D eigenvalue weighted by Crippen LogP contribution is -2.42. The third-order valence-electron chi connectivity index (χ3n) is 4.06. The van der Waals surface area contributed by atoms with Gasteiger partial charge in [0.05, 0.1) is 6.61 Å². The molecule has 3 atom stereocenters. The summed E-state index contributed by atoms with van der Waals surface area (Å²) < 4.78 is 5.41. The lowest BCUT2D eigenvalue weighted by Gasteiger charge is -2.33. The Hall–Kier alpha value is -0.0800. The molecule has 1 saturated carbocycles. The summed E-state index contributed by atoms with van der Waals surface area (Å²) in [6.45, 7) is 6.62. The molecule has 0 amide bonds. The summed E-state index contributed by atoms with van der Waals surface area (Å²) in [5, 5.41) is 3.78. The van der Waals surface area contributed by atoms with Crippen LogP contribution in [-0.2, 0) is 4.74 Å². The van der Waals surface area contributed by atoms with Gasteiger partial charge in [0, 0.05) is 18.7 Å². The van der Waals surface area contributed by atoms with E-state index in [1.165, 1.54) is 32.1 Å². The van der Waals surface area contributed by atoms with Crippen LogP contribution in [0.3, 0.4) is 0 Å². The Kier molecular flexibility index (Phi) is 4.04. The average Bonchev–Trinajstić information content (AvgIpc) is 2.71. The molecule has 0 aromatic rings. The van der Waals surface area contributed by atoms with E-state index in [-0.39, 0.29) is 0 Å². The average molecular weight is 211 g/mol. The van der Waals surface area contributed by atoms with E-state index in [0.29, 0.717) is 6.04 Å². The molecule has 1 saturated heterocycles. The summed E-state index contributed by atoms with van der Waals surface area (Å²) >= 11 is 0. The molecule has 3 unspecified atom stereocenters. The van der Waals surface area contributed by atoms with Crippen LogP contribution in [-0.4, -0.2) is 25.3 Å². The molecule has 1 aliphatic heterocycles. The smallest absolute Gasteiger partial charge is 0.0620 e. The molecule has 2 heteroatoms. The first-order valence-electron chi connectivity index (χ1n) is 6.59. The summed E-state index contributed by atoms with van der Waals surface area (Å²) in [4.78, 5) is 0. The van der Waals surface area contributed by atoms with Gasteiger partial charge in [0.1, 0.15) is 0 Å². The number of rotatable bonds is 3. The van der Waals surface area contributed by atoms with Crippen molar-refractivity contribution in [1.29, 1.82) is 0 Å². The first kappa shape index (κ1) is 11.4. The Labute approximate surface area is 93.8 Å². The fourth-order valence-corrected chi connectivity index (χ4v) is 2.98. The predicted octanol–water partition coefficient (Wildman–Crippen LogP) is 2.58. The maximum absolute atomic E-state index is 5.41. The Balaban J connectivity index is 1.76. The summed E-state index contributed by atoms with van der Waals surface area (Å²) in [5.74, 6) is 1.80. The molecule has 2 rings (SSSR count). The Morgan fingerprint density at radius 2 is 2.00 bits per heavy atom. The van der Waals surface area contributed by atoms with Gasteiger partial charge in [-0.1, -0.05) is 26.7 Å². The van der Waals surface area contributed by atoms with Gasteiger partial charge in [-0.2, -0.15) is 0 Å². The van der Waals surface area contributed by atoms with Gasteiger partial charge in [-0.3, -0.25) is 0 Å². The van der Waals surface area contributed by atoms with Crippen LogP contribution in [0, 0.1) is 11.8 Å². The lowest BCUT2D eigenvalue weighted by molar-refractivity contribution is 0.178. The molecule has 0 aromatic carbocycles. The van der Waals surface area contributed by atoms with Gasteiger partial charge in [0.2, 0.25) is 0 Å². The monoisotopic (exact) mass is 211 g/mol. The van der Waals surface area contributed by atoms with E-state index in [4.69, 9.17) is 4.74 Å². The van der Waals surface area contributed by atoms with Crippen LogP contribution in [0.15, 0.2) is 0 Å². The zero-order valence-corrected chi connectivity index (χ0v) is 10.2. The van der Waals surface area contributed by atoms with E-state index in [9.17, 15) is 0 Å². The van der Waals surface area contributed by atoms with Crippen molar-refractivity contribution < 1.29 is 4.74 Å². The molecule has 0 aromatic heterocycles. The summed E-state index contributed by atoms with van der Waals surface area (Å²) in [6.07, 6.45) is 6.82. The van der Waals surface area contributed by atoms with Gasteiger partial charge in [-0.05, 0) is 31.1 Å². The van der Waals surface area contributed by atoms with Crippen molar-refractivity contribution in [2.75, 3.05) is 13.2 Å². The molecule has 1 heterocycles. The molecule has 2 aliphatic rings. The minimum Gasteiger partial charge on any atom is -0.380 e. The zero-order chi connectivity index (χ0) is 10.7. The van der Waals surface area contributed by atoms with Crippen molar-refractivity contribution >= 4 is 0 Å². The van der Waals surface area contributed by atoms with Gasteiger partial charge < -0.3 is 10.1 Å². The highest BCUT2D eigenvalue weighted by Gasteiger charge is 2.26. The highest BCUT2D eigenvalue weighted by atomic mass is 16.5. The van der Waals surface area contributed by atoms with E-state index in [1.807, 2.05) is 0 Å². The Bertz CT molecular complexity index is 185. The van der Waals surface area contributed by atoms with Crippen molar-refractivity contribution in [2.45, 2.75) is 58.0 Å². The lowest BCUT2D eigenvalue weighted by atomic mass is 9.79. The number of nitrogens with one attached hydrogen (secondary N) is 1. The van der Waals surface area contributed by atoms with Gasteiger partial charge in [0.25, 0.3) is 0 Å². The van der Waals surface area contributed by atoms with Crippen LogP contribution < -0.4 is 5.32 Å². The Morgan fingerprint density at radius 1 is 1.13 bits per heavy atom. The molecule has 1 N–H and O–H groups in total. The molecular formula is C13H25NO. The maximum Gasteiger partial charge on any atom is 0.0620 e. The van der Waals surface area contributed by atoms with E-state index >= 15 is 0 Å². The van der Waals surface area contributed by atoms with Gasteiger partial charge in [-0.15, -0.1) is 0 Å². The molecule has 2 fully saturated rings. The van der Waals surface area contributed by atoms with Crippen LogP contribution in [0.2, 0.25) is 0 Å². The van der Waals surface area contributed by atoms with Crippen LogP contribution in [0.4, 0.5) is 0 Å². The maximum atomic E-state index is 5.41. The second-order valence-electron chi connectivity index (χ2n) is 5.59. The molecule has 88 valence electrons. The molecule has 0 bridgehead atoms. The van der Waals surface area contributed by atoms with Crippen LogP contribution in [0.1, 0.15) is 46.0 Å². The first-order chi connectivity index (χ1) is 7.25. The first-order valence-corrected chi connectivity index (χ1v) is 6.59. The topological polar surface area (TPSA) is 21.3 Å². The molecule has 2 nitrogen and oxygen atoms in total. The zero-order valence-electron chi connectivity index (χ0n) is 10.2. The van der Waals surface area contributed by atoms with Gasteiger partial charge >= 0.3 is 0 Å². The Morgan fingerprint density at radius 3 is 2.67 bits per heavy atom. The van der Waals surface area contributed by atoms with Crippen LogP contribution >= 0.6 is 0 Å². The van der Waals surface area contributed by atoms with E-state index < -0.39 is 0 Å². The van der Waals surface area contributed by atoms with E-state index in [2.05, 4.69) is 19.2 Å². The van der Waals surface area contributed by atoms with E-state index in [1.54, 1.807) is 0 Å². The van der Waals surface area contributed by atoms with Crippen LogP contribution in [0.25, 0.3) is 0 Å². The molecular weight excluding hydrogens is 186 g/mol. The standard InChI is InChI=1S/C13H25NO/c1-10(2)11-4-3-5-12(8-11)14-13-6-7-15-9-13/h10-14H,3-9H2,1-2H3. The van der Waals surface area contributed by atoms with E-state index in [0.717, 1.165) is 31.1 Å². The second kappa shape index (κ2) is 5.31. The van der Waals surface area contributed by atoms with Crippen molar-refractivity contribution in [2.24, 2.45) is 11.8 Å². The summed E-state index contributed by atoms with van der Waals surface area (Å²) in [5.41, 5.74) is 0. The molecule has 15 heavy (non-hydrogen) atoms. The van der Waals surface area contributed by atoms with Gasteiger partial charge in [0.15, 0.2) is 0 Å². The van der Waals surface area contributed by atoms with Crippen molar-refractivity contribution in [3.8, 4) is 0 Å². The number of hydrogen-bond acceptors (Lipinski definition) is 2. The fourth-order valence-electron chi connectivity index (χ4n) is 2.98. The highest BCUT2D eigenvalue weighted by Crippen LogP contribution is 2.30. The third kappa shape index (κ3) is 3.18. The van der Waals surface area contributed by atoms with Crippen LogP contribution in [0.5, 0.6) is 0 Å². The van der Waals surface area contributed by atoms with Gasteiger partial charge in [-0.25, -0.2) is 0 Å². The second-order valence-corrected chi connectivity index (χ2v) is 5.59. The summed E-state index contributed by atoms with van der Waals surface area (Å²) in [7, 11) is 0. The largest absolute Gasteiger partial charge is 0.380 e. The predicted molar refractivity (Wildman–Crippen MR) is 62.9 cm³/mol. The normalized spacial score (nSPS) is 37.4. The minimum absolute atomic E-state index is 0.640. The fraction of sp³-hybridized carbons (Fsp3) is 1.00. The van der Waals surface area contributed by atoms with Crippen molar-refractivity contribution in [3.05, 3.63) is 0 Å². The number of ether oxygens (including phenoxy) is 1. The molecule has 0 spiro atoms. The minimum atomic E-state index is 0.640. The van der Waals surface area contributed by atoms with Crippen molar-refractivity contribution in [3.63, 3.8) is 0 Å². The quantitative estimate of drug-likeness (QED) is 0.774. The molecule has 0 radical (unpaired) electrons.